The van der Waals surface area contributed by atoms with Crippen molar-refractivity contribution in [2.45, 2.75) is 19.4 Å². The fraction of sp³-hybridized carbons (Fsp3) is 0.250. The van der Waals surface area contributed by atoms with Crippen LogP contribution in [0.15, 0.2) is 48.2 Å². The number of nitrogens with one attached hydrogen (secondary N) is 1. The van der Waals surface area contributed by atoms with Gasteiger partial charge in [-0.3, -0.25) is 9.97 Å². The number of hydrogen-bond donors (Lipinski definition) is 1. The SMILES string of the molecule is CCCNC(c1ccc2ncccc2c1)c1cncs1. The lowest BCUT2D eigenvalue weighted by atomic mass is 10.0. The molecule has 2 aromatic heterocycles. The van der Waals surface area contributed by atoms with Gasteiger partial charge in [0.05, 0.1) is 17.1 Å². The summed E-state index contributed by atoms with van der Waals surface area (Å²) in [5.74, 6) is 0. The molecular formula is C16H17N3S. The van der Waals surface area contributed by atoms with Crippen molar-refractivity contribution in [3.05, 3.63) is 58.7 Å². The van der Waals surface area contributed by atoms with Crippen molar-refractivity contribution in [2.24, 2.45) is 0 Å². The number of benzene rings is 1. The van der Waals surface area contributed by atoms with E-state index >= 15 is 0 Å². The van der Waals surface area contributed by atoms with Gasteiger partial charge in [-0.05, 0) is 36.7 Å². The number of pyridine rings is 1. The Hall–Kier alpha value is -1.78. The molecule has 1 unspecified atom stereocenters. The Balaban J connectivity index is 1.99. The summed E-state index contributed by atoms with van der Waals surface area (Å²) in [7, 11) is 0. The molecule has 0 saturated carbocycles. The average Bonchev–Trinajstić information content (AvgIpc) is 3.02. The van der Waals surface area contributed by atoms with Gasteiger partial charge in [-0.2, -0.15) is 0 Å². The zero-order valence-corrected chi connectivity index (χ0v) is 12.2. The predicted octanol–water partition coefficient (Wildman–Crippen LogP) is 3.78. The highest BCUT2D eigenvalue weighted by molar-refractivity contribution is 7.09. The quantitative estimate of drug-likeness (QED) is 0.774. The third-order valence-electron chi connectivity index (χ3n) is 3.29. The summed E-state index contributed by atoms with van der Waals surface area (Å²) < 4.78 is 0. The Kier molecular flexibility index (Phi) is 4.04. The Morgan fingerprint density at radius 2 is 2.25 bits per heavy atom. The van der Waals surface area contributed by atoms with Crippen molar-refractivity contribution in [3.63, 3.8) is 0 Å². The first-order valence-corrected chi connectivity index (χ1v) is 7.73. The van der Waals surface area contributed by atoms with Gasteiger partial charge >= 0.3 is 0 Å². The van der Waals surface area contributed by atoms with Gasteiger partial charge in [-0.15, -0.1) is 11.3 Å². The molecule has 3 rings (SSSR count). The number of aromatic nitrogens is 2. The van der Waals surface area contributed by atoms with Crippen LogP contribution in [0.3, 0.4) is 0 Å². The van der Waals surface area contributed by atoms with Gasteiger partial charge in [0, 0.05) is 22.7 Å². The normalized spacial score (nSPS) is 12.7. The van der Waals surface area contributed by atoms with E-state index in [1.54, 1.807) is 11.3 Å². The van der Waals surface area contributed by atoms with Crippen LogP contribution in [0.5, 0.6) is 0 Å². The molecule has 3 nitrogen and oxygen atoms in total. The van der Waals surface area contributed by atoms with Gasteiger partial charge in [0.25, 0.3) is 0 Å². The summed E-state index contributed by atoms with van der Waals surface area (Å²) in [6.45, 7) is 3.18. The van der Waals surface area contributed by atoms with E-state index in [2.05, 4.69) is 46.5 Å². The first-order chi connectivity index (χ1) is 9.88. The van der Waals surface area contributed by atoms with E-state index in [4.69, 9.17) is 0 Å². The Labute approximate surface area is 122 Å². The molecule has 1 N–H and O–H groups in total. The molecule has 0 aliphatic heterocycles. The molecule has 0 aliphatic rings. The van der Waals surface area contributed by atoms with Crippen LogP contribution in [0.4, 0.5) is 0 Å². The third-order valence-corrected chi connectivity index (χ3v) is 4.14. The highest BCUT2D eigenvalue weighted by atomic mass is 32.1. The molecule has 2 heterocycles. The first kappa shape index (κ1) is 13.2. The molecule has 0 spiro atoms. The minimum Gasteiger partial charge on any atom is -0.306 e. The predicted molar refractivity (Wildman–Crippen MR) is 84.0 cm³/mol. The molecule has 0 amide bonds. The van der Waals surface area contributed by atoms with Crippen LogP contribution >= 0.6 is 11.3 Å². The van der Waals surface area contributed by atoms with E-state index in [0.717, 1.165) is 18.5 Å². The van der Waals surface area contributed by atoms with Crippen molar-refractivity contribution >= 4 is 22.2 Å². The van der Waals surface area contributed by atoms with Crippen LogP contribution in [0.2, 0.25) is 0 Å². The standard InChI is InChI=1S/C16H17N3S/c1-2-7-19-16(15-10-17-11-20-15)13-5-6-14-12(9-13)4-3-8-18-14/h3-6,8-11,16,19H,2,7H2,1H3. The summed E-state index contributed by atoms with van der Waals surface area (Å²) in [6.07, 6.45) is 4.90. The Morgan fingerprint density at radius 1 is 1.30 bits per heavy atom. The van der Waals surface area contributed by atoms with Crippen LogP contribution in [0, 0.1) is 0 Å². The third kappa shape index (κ3) is 2.71. The number of thiazole rings is 1. The maximum atomic E-state index is 4.38. The van der Waals surface area contributed by atoms with Crippen LogP contribution < -0.4 is 5.32 Å². The molecule has 1 atom stereocenters. The molecule has 0 radical (unpaired) electrons. The molecule has 0 fully saturated rings. The highest BCUT2D eigenvalue weighted by Gasteiger charge is 2.15. The van der Waals surface area contributed by atoms with Gasteiger partial charge in [-0.1, -0.05) is 19.1 Å². The van der Waals surface area contributed by atoms with Crippen molar-refractivity contribution in [3.8, 4) is 0 Å². The second-order valence-corrected chi connectivity index (χ2v) is 5.66. The number of nitrogens with zero attached hydrogens (tertiary/aromatic N) is 2. The average molecular weight is 283 g/mol. The van der Waals surface area contributed by atoms with Gasteiger partial charge in [-0.25, -0.2) is 0 Å². The van der Waals surface area contributed by atoms with E-state index in [1.165, 1.54) is 15.8 Å². The summed E-state index contributed by atoms with van der Waals surface area (Å²) in [4.78, 5) is 9.83. The topological polar surface area (TPSA) is 37.8 Å². The van der Waals surface area contributed by atoms with E-state index in [1.807, 2.05) is 24.0 Å². The molecule has 102 valence electrons. The van der Waals surface area contributed by atoms with Crippen molar-refractivity contribution in [2.75, 3.05) is 6.54 Å². The lowest BCUT2D eigenvalue weighted by Crippen LogP contribution is -2.22. The molecule has 0 saturated heterocycles. The van der Waals surface area contributed by atoms with Gasteiger partial charge < -0.3 is 5.32 Å². The smallest absolute Gasteiger partial charge is 0.0794 e. The molecule has 3 aromatic rings. The van der Waals surface area contributed by atoms with Crippen molar-refractivity contribution < 1.29 is 0 Å². The summed E-state index contributed by atoms with van der Waals surface area (Å²) in [5, 5.41) is 4.78. The van der Waals surface area contributed by atoms with Gasteiger partial charge in [0.15, 0.2) is 0 Å². The largest absolute Gasteiger partial charge is 0.306 e. The first-order valence-electron chi connectivity index (χ1n) is 6.85. The van der Waals surface area contributed by atoms with E-state index < -0.39 is 0 Å². The Morgan fingerprint density at radius 3 is 3.05 bits per heavy atom. The Bertz CT molecular complexity index is 679. The summed E-state index contributed by atoms with van der Waals surface area (Å²) in [5.41, 5.74) is 4.19. The van der Waals surface area contributed by atoms with Crippen LogP contribution in [-0.4, -0.2) is 16.5 Å². The maximum absolute atomic E-state index is 4.38. The van der Waals surface area contributed by atoms with E-state index in [9.17, 15) is 0 Å². The number of fused-ring (bicyclic) bond motifs is 1. The molecular weight excluding hydrogens is 266 g/mol. The second kappa shape index (κ2) is 6.11. The zero-order valence-electron chi connectivity index (χ0n) is 11.4. The van der Waals surface area contributed by atoms with Crippen LogP contribution in [0.1, 0.15) is 29.8 Å². The number of rotatable bonds is 5. The van der Waals surface area contributed by atoms with Crippen molar-refractivity contribution in [1.82, 2.24) is 15.3 Å². The molecule has 0 aliphatic carbocycles. The fourth-order valence-corrected chi connectivity index (χ4v) is 3.03. The van der Waals surface area contributed by atoms with Gasteiger partial charge in [0.2, 0.25) is 0 Å². The summed E-state index contributed by atoms with van der Waals surface area (Å²) in [6, 6.07) is 10.8. The zero-order chi connectivity index (χ0) is 13.8. The second-order valence-electron chi connectivity index (χ2n) is 4.75. The maximum Gasteiger partial charge on any atom is 0.0794 e. The number of hydrogen-bond acceptors (Lipinski definition) is 4. The monoisotopic (exact) mass is 283 g/mol. The van der Waals surface area contributed by atoms with E-state index in [0.29, 0.717) is 0 Å². The van der Waals surface area contributed by atoms with E-state index in [-0.39, 0.29) is 6.04 Å². The van der Waals surface area contributed by atoms with Crippen LogP contribution in [0.25, 0.3) is 10.9 Å². The van der Waals surface area contributed by atoms with Crippen molar-refractivity contribution in [1.29, 1.82) is 0 Å². The minimum atomic E-state index is 0.215. The lowest BCUT2D eigenvalue weighted by molar-refractivity contribution is 0.605. The lowest BCUT2D eigenvalue weighted by Gasteiger charge is -2.17. The molecule has 0 bridgehead atoms. The molecule has 20 heavy (non-hydrogen) atoms. The molecule has 4 heteroatoms. The fourth-order valence-electron chi connectivity index (χ4n) is 2.31. The van der Waals surface area contributed by atoms with Crippen LogP contribution in [-0.2, 0) is 0 Å². The highest BCUT2D eigenvalue weighted by Crippen LogP contribution is 2.27. The summed E-state index contributed by atoms with van der Waals surface area (Å²) >= 11 is 1.69. The molecule has 1 aromatic carbocycles. The van der Waals surface area contributed by atoms with Gasteiger partial charge in [0.1, 0.15) is 0 Å². The minimum absolute atomic E-state index is 0.215.